The van der Waals surface area contributed by atoms with E-state index in [-0.39, 0.29) is 5.75 Å². The molecule has 0 aromatic rings. The Balaban J connectivity index is 3.16. The predicted octanol–water partition coefficient (Wildman–Crippen LogP) is -0.420. The fourth-order valence-corrected chi connectivity index (χ4v) is 1.01. The number of aldehydes is 1. The number of ether oxygens (including phenoxy) is 1. The lowest BCUT2D eigenvalue weighted by atomic mass is 10.9. The predicted molar refractivity (Wildman–Crippen MR) is 35.8 cm³/mol. The number of hydrogen-bond donors (Lipinski definition) is 0. The molecule has 0 saturated heterocycles. The molecule has 0 N–H and O–H groups in total. The molecular weight excluding hydrogens is 140 g/mol. The van der Waals surface area contributed by atoms with Crippen LogP contribution in [-0.2, 0) is 20.3 Å². The third-order valence-corrected chi connectivity index (χ3v) is 1.90. The number of rotatable bonds is 5. The van der Waals surface area contributed by atoms with Crippen LogP contribution in [0.5, 0.6) is 0 Å². The largest absolute Gasteiger partial charge is 0.384 e. The Morgan fingerprint density at radius 1 is 1.67 bits per heavy atom. The molecule has 0 fully saturated rings. The van der Waals surface area contributed by atoms with Gasteiger partial charge in [-0.3, -0.25) is 4.21 Å². The van der Waals surface area contributed by atoms with Crippen molar-refractivity contribution in [3.05, 3.63) is 0 Å². The van der Waals surface area contributed by atoms with Gasteiger partial charge in [-0.2, -0.15) is 0 Å². The maximum Gasteiger partial charge on any atom is 0.132 e. The van der Waals surface area contributed by atoms with E-state index in [1.807, 2.05) is 0 Å². The lowest BCUT2D eigenvalue weighted by Crippen LogP contribution is -2.07. The summed E-state index contributed by atoms with van der Waals surface area (Å²) in [4.78, 5) is 9.74. The summed E-state index contributed by atoms with van der Waals surface area (Å²) in [6.45, 7) is 0.459. The van der Waals surface area contributed by atoms with Crippen molar-refractivity contribution in [1.82, 2.24) is 0 Å². The van der Waals surface area contributed by atoms with Gasteiger partial charge in [-0.05, 0) is 0 Å². The van der Waals surface area contributed by atoms with E-state index in [1.165, 1.54) is 7.11 Å². The maximum absolute atomic E-state index is 10.6. The molecule has 0 amide bonds. The van der Waals surface area contributed by atoms with Crippen LogP contribution < -0.4 is 0 Å². The minimum atomic E-state index is -1.01. The van der Waals surface area contributed by atoms with Crippen molar-refractivity contribution in [1.29, 1.82) is 0 Å². The molecule has 4 heteroatoms. The molecule has 0 spiro atoms. The second-order valence-electron chi connectivity index (χ2n) is 1.47. The first-order valence-electron chi connectivity index (χ1n) is 2.58. The Morgan fingerprint density at radius 3 is 2.78 bits per heavy atom. The fourth-order valence-electron chi connectivity index (χ4n) is 0.336. The Bertz CT molecular complexity index is 102. The summed E-state index contributed by atoms with van der Waals surface area (Å²) in [6.07, 6.45) is 0.659. The SMILES string of the molecule is COCCS(=O)CC=O. The van der Waals surface area contributed by atoms with E-state index in [2.05, 4.69) is 4.74 Å². The minimum absolute atomic E-state index is 0.128. The third-order valence-electron chi connectivity index (χ3n) is 0.769. The van der Waals surface area contributed by atoms with Crippen molar-refractivity contribution in [2.24, 2.45) is 0 Å². The molecule has 0 rings (SSSR count). The molecule has 1 unspecified atom stereocenters. The first-order valence-corrected chi connectivity index (χ1v) is 4.07. The van der Waals surface area contributed by atoms with Crippen LogP contribution in [0.2, 0.25) is 0 Å². The summed E-state index contributed by atoms with van der Waals surface area (Å²) in [5, 5.41) is 0. The topological polar surface area (TPSA) is 43.4 Å². The van der Waals surface area contributed by atoms with Crippen LogP contribution in [0.4, 0.5) is 0 Å². The molecule has 0 aliphatic heterocycles. The van der Waals surface area contributed by atoms with Gasteiger partial charge in [-0.15, -0.1) is 0 Å². The van der Waals surface area contributed by atoms with Crippen LogP contribution >= 0.6 is 0 Å². The van der Waals surface area contributed by atoms with Crippen molar-refractivity contribution in [2.45, 2.75) is 0 Å². The van der Waals surface area contributed by atoms with Crippen molar-refractivity contribution in [3.8, 4) is 0 Å². The number of methoxy groups -OCH3 is 1. The molecule has 3 nitrogen and oxygen atoms in total. The second-order valence-corrected chi connectivity index (χ2v) is 3.09. The summed E-state index contributed by atoms with van der Waals surface area (Å²) >= 11 is 0. The van der Waals surface area contributed by atoms with Crippen molar-refractivity contribution >= 4 is 17.1 Å². The zero-order valence-electron chi connectivity index (χ0n) is 5.33. The van der Waals surface area contributed by atoms with Crippen molar-refractivity contribution in [3.63, 3.8) is 0 Å². The van der Waals surface area contributed by atoms with Crippen LogP contribution in [0.3, 0.4) is 0 Å². The van der Waals surface area contributed by atoms with Crippen LogP contribution in [-0.4, -0.2) is 35.7 Å². The number of carbonyl (C=O) groups excluding carboxylic acids is 1. The van der Waals surface area contributed by atoms with E-state index >= 15 is 0 Å². The van der Waals surface area contributed by atoms with Crippen LogP contribution in [0, 0.1) is 0 Å². The number of hydrogen-bond acceptors (Lipinski definition) is 3. The molecule has 1 atom stereocenters. The molecule has 0 aliphatic rings. The zero-order valence-corrected chi connectivity index (χ0v) is 6.15. The van der Waals surface area contributed by atoms with Gasteiger partial charge in [0, 0.05) is 23.7 Å². The fraction of sp³-hybridized carbons (Fsp3) is 0.800. The first kappa shape index (κ1) is 8.78. The maximum atomic E-state index is 10.6. The molecule has 0 aliphatic carbocycles. The van der Waals surface area contributed by atoms with Crippen molar-refractivity contribution in [2.75, 3.05) is 25.2 Å². The second kappa shape index (κ2) is 5.91. The Morgan fingerprint density at radius 2 is 2.33 bits per heavy atom. The van der Waals surface area contributed by atoms with Gasteiger partial charge in [-0.1, -0.05) is 0 Å². The van der Waals surface area contributed by atoms with E-state index in [0.29, 0.717) is 18.6 Å². The van der Waals surface area contributed by atoms with Gasteiger partial charge < -0.3 is 9.53 Å². The van der Waals surface area contributed by atoms with Gasteiger partial charge in [0.05, 0.1) is 12.4 Å². The van der Waals surface area contributed by atoms with Gasteiger partial charge in [-0.25, -0.2) is 0 Å². The summed E-state index contributed by atoms with van der Waals surface area (Å²) in [5.41, 5.74) is 0. The smallest absolute Gasteiger partial charge is 0.132 e. The van der Waals surface area contributed by atoms with Crippen LogP contribution in [0.1, 0.15) is 0 Å². The van der Waals surface area contributed by atoms with Crippen LogP contribution in [0.25, 0.3) is 0 Å². The average molecular weight is 150 g/mol. The van der Waals surface area contributed by atoms with Crippen LogP contribution in [0.15, 0.2) is 0 Å². The van der Waals surface area contributed by atoms with Gasteiger partial charge in [0.15, 0.2) is 0 Å². The van der Waals surface area contributed by atoms with E-state index < -0.39 is 10.8 Å². The minimum Gasteiger partial charge on any atom is -0.384 e. The standard InChI is InChI=1S/C5H10O3S/c1-8-3-5-9(7)4-2-6/h2H,3-5H2,1H3. The highest BCUT2D eigenvalue weighted by molar-refractivity contribution is 7.85. The zero-order chi connectivity index (χ0) is 7.11. The molecule has 9 heavy (non-hydrogen) atoms. The lowest BCUT2D eigenvalue weighted by molar-refractivity contribution is -0.105. The molecule has 54 valence electrons. The van der Waals surface area contributed by atoms with E-state index in [4.69, 9.17) is 0 Å². The number of carbonyl (C=O) groups is 1. The van der Waals surface area contributed by atoms with Gasteiger partial charge in [0.25, 0.3) is 0 Å². The van der Waals surface area contributed by atoms with Gasteiger partial charge >= 0.3 is 0 Å². The summed E-state index contributed by atoms with van der Waals surface area (Å²) < 4.78 is 15.3. The summed E-state index contributed by atoms with van der Waals surface area (Å²) in [5.74, 6) is 0.582. The molecule has 0 aromatic heterocycles. The normalized spacial score (nSPS) is 13.0. The molecule has 0 aromatic carbocycles. The van der Waals surface area contributed by atoms with E-state index in [1.54, 1.807) is 0 Å². The lowest BCUT2D eigenvalue weighted by Gasteiger charge is -1.94. The van der Waals surface area contributed by atoms with E-state index in [9.17, 15) is 9.00 Å². The molecular formula is C5H10O3S. The average Bonchev–Trinajstić information content (AvgIpc) is 1.85. The third kappa shape index (κ3) is 5.65. The summed E-state index contributed by atoms with van der Waals surface area (Å²) in [7, 11) is 0.527. The first-order chi connectivity index (χ1) is 4.31. The monoisotopic (exact) mass is 150 g/mol. The summed E-state index contributed by atoms with van der Waals surface area (Å²) in [6, 6.07) is 0. The van der Waals surface area contributed by atoms with Crippen molar-refractivity contribution < 1.29 is 13.7 Å². The van der Waals surface area contributed by atoms with Gasteiger partial charge in [0.1, 0.15) is 6.29 Å². The highest BCUT2D eigenvalue weighted by atomic mass is 32.2. The van der Waals surface area contributed by atoms with E-state index in [0.717, 1.165) is 0 Å². The molecule has 0 saturated carbocycles. The Labute approximate surface area is 56.8 Å². The molecule has 0 radical (unpaired) electrons. The highest BCUT2D eigenvalue weighted by Crippen LogP contribution is 1.79. The Hall–Kier alpha value is -0.220. The molecule has 0 bridgehead atoms. The quantitative estimate of drug-likeness (QED) is 0.500. The molecule has 0 heterocycles. The highest BCUT2D eigenvalue weighted by Gasteiger charge is 1.95. The Kier molecular flexibility index (Phi) is 5.76. The van der Waals surface area contributed by atoms with Gasteiger partial charge in [0.2, 0.25) is 0 Å².